The first-order valence-electron chi connectivity index (χ1n) is 7.89. The van der Waals surface area contributed by atoms with Crippen LogP contribution in [0.5, 0.6) is 0 Å². The van der Waals surface area contributed by atoms with Gasteiger partial charge in [0, 0.05) is 23.3 Å². The monoisotopic (exact) mass is 357 g/mol. The van der Waals surface area contributed by atoms with Crippen molar-refractivity contribution in [2.75, 3.05) is 11.9 Å². The number of carbonyl (C=O) groups is 1. The zero-order chi connectivity index (χ0) is 17.9. The summed E-state index contributed by atoms with van der Waals surface area (Å²) >= 11 is 1.27. The predicted octanol–water partition coefficient (Wildman–Crippen LogP) is 3.44. The summed E-state index contributed by atoms with van der Waals surface area (Å²) in [6.45, 7) is 5.64. The summed E-state index contributed by atoms with van der Waals surface area (Å²) in [4.78, 5) is 16.5. The lowest BCUT2D eigenvalue weighted by Crippen LogP contribution is -2.37. The first kappa shape index (κ1) is 17.1. The van der Waals surface area contributed by atoms with Crippen LogP contribution in [0.2, 0.25) is 0 Å². The van der Waals surface area contributed by atoms with Gasteiger partial charge >= 0.3 is 5.97 Å². The second-order valence-electron chi connectivity index (χ2n) is 5.87. The fraction of sp³-hybridized carbons (Fsp3) is 0.294. The van der Waals surface area contributed by atoms with Gasteiger partial charge in [0.1, 0.15) is 0 Å². The van der Waals surface area contributed by atoms with E-state index in [1.54, 1.807) is 37.8 Å². The molecule has 0 radical (unpaired) electrons. The molecule has 0 spiro atoms. The van der Waals surface area contributed by atoms with Crippen LogP contribution < -0.4 is 5.32 Å². The van der Waals surface area contributed by atoms with Crippen molar-refractivity contribution < 1.29 is 9.53 Å². The zero-order valence-corrected chi connectivity index (χ0v) is 15.1. The molecule has 0 aliphatic rings. The fourth-order valence-corrected chi connectivity index (χ4v) is 2.81. The van der Waals surface area contributed by atoms with Crippen LogP contribution in [0.25, 0.3) is 11.4 Å². The molecule has 130 valence electrons. The highest BCUT2D eigenvalue weighted by Gasteiger charge is 2.32. The van der Waals surface area contributed by atoms with Crippen LogP contribution in [0.15, 0.2) is 42.7 Å². The van der Waals surface area contributed by atoms with Crippen molar-refractivity contribution in [1.29, 1.82) is 0 Å². The highest BCUT2D eigenvalue weighted by Crippen LogP contribution is 2.25. The van der Waals surface area contributed by atoms with E-state index in [-0.39, 0.29) is 5.97 Å². The maximum Gasteiger partial charge on any atom is 0.333 e. The Morgan fingerprint density at radius 3 is 2.80 bits per heavy atom. The van der Waals surface area contributed by atoms with Crippen LogP contribution in [-0.2, 0) is 15.1 Å². The predicted molar refractivity (Wildman–Crippen MR) is 96.8 cm³/mol. The van der Waals surface area contributed by atoms with Crippen molar-refractivity contribution in [2.24, 2.45) is 0 Å². The molecule has 1 aromatic carbocycles. The molecule has 25 heavy (non-hydrogen) atoms. The fourth-order valence-electron chi connectivity index (χ4n) is 2.20. The number of ether oxygens (including phenoxy) is 1. The van der Waals surface area contributed by atoms with E-state index in [4.69, 9.17) is 4.74 Å². The first-order valence-corrected chi connectivity index (χ1v) is 8.66. The highest BCUT2D eigenvalue weighted by molar-refractivity contribution is 7.09. The van der Waals surface area contributed by atoms with Gasteiger partial charge in [-0.25, -0.2) is 4.79 Å². The first-order chi connectivity index (χ1) is 12.0. The minimum atomic E-state index is -0.883. The van der Waals surface area contributed by atoms with E-state index in [0.717, 1.165) is 11.3 Å². The van der Waals surface area contributed by atoms with Crippen molar-refractivity contribution >= 4 is 28.3 Å². The Bertz CT molecular complexity index is 857. The van der Waals surface area contributed by atoms with Crippen LogP contribution in [0.1, 0.15) is 20.8 Å². The molecule has 0 saturated carbocycles. The molecule has 3 aromatic rings. The normalized spacial score (nSPS) is 11.3. The number of nitrogens with zero attached hydrogens (tertiary/aromatic N) is 4. The molecule has 0 saturated heterocycles. The SMILES string of the molecule is CCOC(=O)C(C)(C)n1cc(Nc2nc(-c3ccccc3)ns2)cn1. The molecule has 1 N–H and O–H groups in total. The smallest absolute Gasteiger partial charge is 0.333 e. The Morgan fingerprint density at radius 1 is 1.32 bits per heavy atom. The van der Waals surface area contributed by atoms with Crippen molar-refractivity contribution in [3.63, 3.8) is 0 Å². The molecule has 2 heterocycles. The van der Waals surface area contributed by atoms with Gasteiger partial charge < -0.3 is 10.1 Å². The highest BCUT2D eigenvalue weighted by atomic mass is 32.1. The third-order valence-electron chi connectivity index (χ3n) is 3.64. The molecular weight excluding hydrogens is 338 g/mol. The molecule has 0 aliphatic heterocycles. The van der Waals surface area contributed by atoms with E-state index >= 15 is 0 Å². The van der Waals surface area contributed by atoms with Gasteiger partial charge in [-0.05, 0) is 20.8 Å². The number of carbonyl (C=O) groups excluding carboxylic acids is 1. The molecule has 0 atom stereocenters. The molecule has 0 bridgehead atoms. The maximum atomic E-state index is 12.1. The summed E-state index contributed by atoms with van der Waals surface area (Å²) in [5.41, 5.74) is 0.811. The molecule has 8 heteroatoms. The maximum absolute atomic E-state index is 12.1. The Kier molecular flexibility index (Phi) is 4.80. The molecule has 0 amide bonds. The average molecular weight is 357 g/mol. The summed E-state index contributed by atoms with van der Waals surface area (Å²) in [5, 5.41) is 8.09. The van der Waals surface area contributed by atoms with Crippen LogP contribution in [0, 0.1) is 0 Å². The van der Waals surface area contributed by atoms with Gasteiger partial charge in [-0.15, -0.1) is 0 Å². The van der Waals surface area contributed by atoms with Crippen LogP contribution in [-0.4, -0.2) is 31.7 Å². The molecule has 0 aliphatic carbocycles. The number of hydrogen-bond donors (Lipinski definition) is 1. The summed E-state index contributed by atoms with van der Waals surface area (Å²) < 4.78 is 11.0. The number of rotatable bonds is 6. The Hall–Kier alpha value is -2.74. The van der Waals surface area contributed by atoms with E-state index in [9.17, 15) is 4.79 Å². The second kappa shape index (κ2) is 7.02. The lowest BCUT2D eigenvalue weighted by atomic mass is 10.1. The third kappa shape index (κ3) is 3.69. The number of hydrogen-bond acceptors (Lipinski definition) is 7. The Balaban J connectivity index is 1.74. The quantitative estimate of drug-likeness (QED) is 0.681. The Morgan fingerprint density at radius 2 is 2.08 bits per heavy atom. The van der Waals surface area contributed by atoms with Crippen LogP contribution in [0.4, 0.5) is 10.8 Å². The van der Waals surface area contributed by atoms with Gasteiger partial charge in [0.2, 0.25) is 5.13 Å². The standard InChI is InChI=1S/C17H19N5O2S/c1-4-24-15(23)17(2,3)22-11-13(10-18-22)19-16-20-14(21-25-16)12-8-6-5-7-9-12/h5-11H,4H2,1-3H3,(H,19,20,21). The molecule has 0 unspecified atom stereocenters. The molecular formula is C17H19N5O2S. The van der Waals surface area contributed by atoms with Crippen molar-refractivity contribution in [1.82, 2.24) is 19.1 Å². The van der Waals surface area contributed by atoms with Crippen LogP contribution >= 0.6 is 11.5 Å². The lowest BCUT2D eigenvalue weighted by Gasteiger charge is -2.22. The van der Waals surface area contributed by atoms with Gasteiger partial charge in [0.25, 0.3) is 0 Å². The molecule has 7 nitrogen and oxygen atoms in total. The molecule has 0 fully saturated rings. The van der Waals surface area contributed by atoms with E-state index in [1.807, 2.05) is 30.3 Å². The number of esters is 1. The number of benzene rings is 1. The zero-order valence-electron chi connectivity index (χ0n) is 14.3. The van der Waals surface area contributed by atoms with Gasteiger partial charge in [-0.3, -0.25) is 4.68 Å². The topological polar surface area (TPSA) is 81.9 Å². The summed E-state index contributed by atoms with van der Waals surface area (Å²) in [6, 6.07) is 9.78. The average Bonchev–Trinajstić information content (AvgIpc) is 3.26. The minimum Gasteiger partial charge on any atom is -0.464 e. The van der Waals surface area contributed by atoms with E-state index in [1.165, 1.54) is 11.5 Å². The second-order valence-corrected chi connectivity index (χ2v) is 6.62. The Labute approximate surface area is 149 Å². The number of nitrogens with one attached hydrogen (secondary N) is 1. The largest absolute Gasteiger partial charge is 0.464 e. The number of anilines is 2. The van der Waals surface area contributed by atoms with E-state index in [2.05, 4.69) is 19.8 Å². The van der Waals surface area contributed by atoms with Gasteiger partial charge in [-0.2, -0.15) is 14.5 Å². The van der Waals surface area contributed by atoms with Crippen LogP contribution in [0.3, 0.4) is 0 Å². The van der Waals surface area contributed by atoms with E-state index in [0.29, 0.717) is 17.6 Å². The summed E-state index contributed by atoms with van der Waals surface area (Å²) in [7, 11) is 0. The van der Waals surface area contributed by atoms with Crippen molar-refractivity contribution in [2.45, 2.75) is 26.3 Å². The number of aromatic nitrogens is 4. The molecule has 3 rings (SSSR count). The summed E-state index contributed by atoms with van der Waals surface area (Å²) in [5.74, 6) is 0.347. The van der Waals surface area contributed by atoms with Crippen molar-refractivity contribution in [3.8, 4) is 11.4 Å². The van der Waals surface area contributed by atoms with E-state index < -0.39 is 5.54 Å². The van der Waals surface area contributed by atoms with Gasteiger partial charge in [0.05, 0.1) is 18.5 Å². The lowest BCUT2D eigenvalue weighted by molar-refractivity contribution is -0.152. The third-order valence-corrected chi connectivity index (χ3v) is 4.27. The van der Waals surface area contributed by atoms with Gasteiger partial charge in [-0.1, -0.05) is 30.3 Å². The van der Waals surface area contributed by atoms with Gasteiger partial charge in [0.15, 0.2) is 11.4 Å². The van der Waals surface area contributed by atoms with Crippen molar-refractivity contribution in [3.05, 3.63) is 42.7 Å². The molecule has 2 aromatic heterocycles. The summed E-state index contributed by atoms with van der Waals surface area (Å²) in [6.07, 6.45) is 3.39. The minimum absolute atomic E-state index is 0.327.